The Kier molecular flexibility index (Phi) is 11.3. The molecule has 1 heterocycles. The molecular formula is C22H48N4. The van der Waals surface area contributed by atoms with E-state index in [1.54, 1.807) is 0 Å². The van der Waals surface area contributed by atoms with E-state index in [1.165, 1.54) is 65.0 Å². The monoisotopic (exact) mass is 368 g/mol. The third-order valence-electron chi connectivity index (χ3n) is 6.67. The number of hydrogen-bond acceptors (Lipinski definition) is 4. The summed E-state index contributed by atoms with van der Waals surface area (Å²) in [7, 11) is 6.82. The smallest absolute Gasteiger partial charge is 0.0109 e. The predicted octanol–water partition coefficient (Wildman–Crippen LogP) is 3.48. The number of likely N-dealkylation sites (N-methyl/N-ethyl adjacent to an activating group) is 2. The molecule has 0 amide bonds. The number of rotatable bonds is 12. The normalized spacial score (nSPS) is 18.8. The molecule has 1 rings (SSSR count). The lowest BCUT2D eigenvalue weighted by Gasteiger charge is -2.35. The van der Waals surface area contributed by atoms with Gasteiger partial charge in [-0.3, -0.25) is 0 Å². The van der Waals surface area contributed by atoms with Gasteiger partial charge in [0.25, 0.3) is 0 Å². The van der Waals surface area contributed by atoms with E-state index in [1.807, 2.05) is 0 Å². The van der Waals surface area contributed by atoms with E-state index in [0.29, 0.717) is 12.1 Å². The van der Waals surface area contributed by atoms with Gasteiger partial charge in [0.2, 0.25) is 0 Å². The molecule has 0 aliphatic carbocycles. The van der Waals surface area contributed by atoms with E-state index in [4.69, 9.17) is 0 Å². The maximum Gasteiger partial charge on any atom is 0.0109 e. The standard InChI is InChI=1S/C22H48N4/c1-19(2)24(7)14-9-21(5)25(8)18-17-23(6)13-10-22-11-15-26(16-12-22)20(3)4/h19-22H,9-18H2,1-8H3. The van der Waals surface area contributed by atoms with Gasteiger partial charge >= 0.3 is 0 Å². The minimum absolute atomic E-state index is 0.644. The second-order valence-corrected chi connectivity index (χ2v) is 9.36. The molecule has 1 saturated heterocycles. The van der Waals surface area contributed by atoms with Gasteiger partial charge in [-0.2, -0.15) is 0 Å². The summed E-state index contributed by atoms with van der Waals surface area (Å²) < 4.78 is 0. The number of nitrogens with zero attached hydrogens (tertiary/aromatic N) is 4. The molecule has 0 radical (unpaired) electrons. The first kappa shape index (κ1) is 23.9. The first-order valence-corrected chi connectivity index (χ1v) is 11.0. The summed E-state index contributed by atoms with van der Waals surface area (Å²) >= 11 is 0. The lowest BCUT2D eigenvalue weighted by Crippen LogP contribution is -2.40. The van der Waals surface area contributed by atoms with Crippen molar-refractivity contribution in [1.82, 2.24) is 19.6 Å². The highest BCUT2D eigenvalue weighted by molar-refractivity contribution is 4.75. The molecule has 1 fully saturated rings. The highest BCUT2D eigenvalue weighted by atomic mass is 15.2. The van der Waals surface area contributed by atoms with Gasteiger partial charge in [-0.15, -0.1) is 0 Å². The minimum Gasteiger partial charge on any atom is -0.305 e. The quantitative estimate of drug-likeness (QED) is 0.523. The van der Waals surface area contributed by atoms with Crippen molar-refractivity contribution in [3.8, 4) is 0 Å². The van der Waals surface area contributed by atoms with Crippen LogP contribution in [0.4, 0.5) is 0 Å². The molecule has 4 nitrogen and oxygen atoms in total. The molecule has 1 atom stereocenters. The number of piperidine rings is 1. The van der Waals surface area contributed by atoms with Crippen LogP contribution >= 0.6 is 0 Å². The summed E-state index contributed by atoms with van der Waals surface area (Å²) in [6, 6.07) is 2.02. The molecule has 0 saturated carbocycles. The predicted molar refractivity (Wildman–Crippen MR) is 116 cm³/mol. The van der Waals surface area contributed by atoms with E-state index >= 15 is 0 Å². The highest BCUT2D eigenvalue weighted by Crippen LogP contribution is 2.21. The van der Waals surface area contributed by atoms with Gasteiger partial charge in [0.05, 0.1) is 0 Å². The van der Waals surface area contributed by atoms with E-state index < -0.39 is 0 Å². The van der Waals surface area contributed by atoms with Gasteiger partial charge in [-0.25, -0.2) is 0 Å². The molecule has 1 aliphatic rings. The summed E-state index contributed by atoms with van der Waals surface area (Å²) in [6.07, 6.45) is 5.42. The maximum atomic E-state index is 2.63. The van der Waals surface area contributed by atoms with Gasteiger partial charge in [-0.05, 0) is 114 Å². The first-order valence-electron chi connectivity index (χ1n) is 11.0. The third-order valence-corrected chi connectivity index (χ3v) is 6.67. The van der Waals surface area contributed by atoms with Gasteiger partial charge < -0.3 is 19.6 Å². The molecule has 1 unspecified atom stereocenters. The van der Waals surface area contributed by atoms with Crippen molar-refractivity contribution in [1.29, 1.82) is 0 Å². The van der Waals surface area contributed by atoms with Crippen molar-refractivity contribution in [2.75, 3.05) is 60.4 Å². The van der Waals surface area contributed by atoms with E-state index in [0.717, 1.165) is 12.0 Å². The molecule has 0 aromatic carbocycles. The Balaban J connectivity index is 2.14. The molecule has 156 valence electrons. The molecule has 0 N–H and O–H groups in total. The number of likely N-dealkylation sites (tertiary alicyclic amines) is 1. The highest BCUT2D eigenvalue weighted by Gasteiger charge is 2.21. The molecule has 4 heteroatoms. The average Bonchev–Trinajstić information content (AvgIpc) is 2.62. The molecule has 0 aromatic rings. The van der Waals surface area contributed by atoms with Gasteiger partial charge in [0.15, 0.2) is 0 Å². The lowest BCUT2D eigenvalue weighted by atomic mass is 9.93. The Morgan fingerprint density at radius 3 is 1.96 bits per heavy atom. The van der Waals surface area contributed by atoms with Crippen LogP contribution in [0.15, 0.2) is 0 Å². The summed E-state index contributed by atoms with van der Waals surface area (Å²) in [5, 5.41) is 0. The molecule has 0 bridgehead atoms. The lowest BCUT2D eigenvalue weighted by molar-refractivity contribution is 0.136. The summed E-state index contributed by atoms with van der Waals surface area (Å²) in [5.41, 5.74) is 0. The molecule has 0 spiro atoms. The van der Waals surface area contributed by atoms with Crippen molar-refractivity contribution in [3.05, 3.63) is 0 Å². The van der Waals surface area contributed by atoms with Crippen molar-refractivity contribution in [2.45, 2.75) is 78.4 Å². The second-order valence-electron chi connectivity index (χ2n) is 9.36. The molecule has 0 aromatic heterocycles. The first-order chi connectivity index (χ1) is 12.2. The van der Waals surface area contributed by atoms with Crippen LogP contribution in [0.5, 0.6) is 0 Å². The third kappa shape index (κ3) is 9.16. The summed E-state index contributed by atoms with van der Waals surface area (Å²) in [5.74, 6) is 0.940. The Morgan fingerprint density at radius 2 is 1.42 bits per heavy atom. The summed E-state index contributed by atoms with van der Waals surface area (Å²) in [4.78, 5) is 10.2. The van der Waals surface area contributed by atoms with Crippen molar-refractivity contribution >= 4 is 0 Å². The largest absolute Gasteiger partial charge is 0.305 e. The maximum absolute atomic E-state index is 2.63. The van der Waals surface area contributed by atoms with E-state index in [-0.39, 0.29) is 0 Å². The number of hydrogen-bond donors (Lipinski definition) is 0. The van der Waals surface area contributed by atoms with Crippen molar-refractivity contribution < 1.29 is 0 Å². The second kappa shape index (κ2) is 12.3. The zero-order valence-corrected chi connectivity index (χ0v) is 19.2. The van der Waals surface area contributed by atoms with Crippen LogP contribution in [0.2, 0.25) is 0 Å². The van der Waals surface area contributed by atoms with Crippen LogP contribution in [-0.2, 0) is 0 Å². The van der Waals surface area contributed by atoms with Gasteiger partial charge in [0.1, 0.15) is 0 Å². The van der Waals surface area contributed by atoms with Crippen molar-refractivity contribution in [2.24, 2.45) is 5.92 Å². The van der Waals surface area contributed by atoms with Crippen LogP contribution in [-0.4, -0.2) is 98.1 Å². The van der Waals surface area contributed by atoms with Crippen LogP contribution in [0.25, 0.3) is 0 Å². The Morgan fingerprint density at radius 1 is 0.808 bits per heavy atom. The Hall–Kier alpha value is -0.160. The average molecular weight is 369 g/mol. The SMILES string of the molecule is CC(C)N(C)CCC(C)N(C)CCN(C)CCC1CCN(C(C)C)CC1. The Labute approximate surface area is 164 Å². The van der Waals surface area contributed by atoms with Gasteiger partial charge in [0, 0.05) is 31.2 Å². The van der Waals surface area contributed by atoms with Crippen molar-refractivity contribution in [3.63, 3.8) is 0 Å². The molecule has 26 heavy (non-hydrogen) atoms. The van der Waals surface area contributed by atoms with E-state index in [2.05, 4.69) is 75.4 Å². The fourth-order valence-electron chi connectivity index (χ4n) is 3.69. The van der Waals surface area contributed by atoms with Crippen LogP contribution < -0.4 is 0 Å². The van der Waals surface area contributed by atoms with E-state index in [9.17, 15) is 0 Å². The minimum atomic E-state index is 0.644. The fourth-order valence-corrected chi connectivity index (χ4v) is 3.69. The zero-order valence-electron chi connectivity index (χ0n) is 19.2. The van der Waals surface area contributed by atoms with Gasteiger partial charge in [-0.1, -0.05) is 0 Å². The summed E-state index contributed by atoms with van der Waals surface area (Å²) in [6.45, 7) is 19.0. The molecule has 1 aliphatic heterocycles. The van der Waals surface area contributed by atoms with Crippen LogP contribution in [0.3, 0.4) is 0 Å². The van der Waals surface area contributed by atoms with Crippen LogP contribution in [0.1, 0.15) is 60.3 Å². The van der Waals surface area contributed by atoms with Crippen LogP contribution in [0, 0.1) is 5.92 Å². The fraction of sp³-hybridized carbons (Fsp3) is 1.00. The molecular weight excluding hydrogens is 320 g/mol. The zero-order chi connectivity index (χ0) is 19.7. The topological polar surface area (TPSA) is 13.0 Å². The Bertz CT molecular complexity index is 350.